The van der Waals surface area contributed by atoms with Gasteiger partial charge in [0.15, 0.2) is 5.16 Å². The van der Waals surface area contributed by atoms with E-state index in [-0.39, 0.29) is 23.1 Å². The van der Waals surface area contributed by atoms with Crippen LogP contribution in [0.5, 0.6) is 0 Å². The number of rotatable bonds is 6. The monoisotopic (exact) mass is 450 g/mol. The number of aromatic amines is 1. The second kappa shape index (κ2) is 9.00. The minimum Gasteiger partial charge on any atom is -0.353 e. The standard InChI is InChI=1S/C24H23FN4O2S/c1-14(2)18-6-4-5-7-19(18)27-21(30)13-32-24-28-20-12-15(3)26-22(20)23(31)29(24)17-10-8-16(25)9-11-17/h4-12,14,26H,13H2,1-3H3,(H,27,30). The summed E-state index contributed by atoms with van der Waals surface area (Å²) in [4.78, 5) is 33.5. The lowest BCUT2D eigenvalue weighted by molar-refractivity contribution is -0.113. The van der Waals surface area contributed by atoms with E-state index in [2.05, 4.69) is 29.1 Å². The topological polar surface area (TPSA) is 79.8 Å². The highest BCUT2D eigenvalue weighted by Gasteiger charge is 2.17. The van der Waals surface area contributed by atoms with Gasteiger partial charge in [0.2, 0.25) is 5.91 Å². The summed E-state index contributed by atoms with van der Waals surface area (Å²) >= 11 is 1.16. The quantitative estimate of drug-likeness (QED) is 0.319. The number of aromatic nitrogens is 3. The largest absolute Gasteiger partial charge is 0.353 e. The lowest BCUT2D eigenvalue weighted by Gasteiger charge is -2.14. The van der Waals surface area contributed by atoms with Crippen molar-refractivity contribution in [3.63, 3.8) is 0 Å². The van der Waals surface area contributed by atoms with Crippen LogP contribution in [0.25, 0.3) is 16.7 Å². The maximum Gasteiger partial charge on any atom is 0.283 e. The molecule has 0 aliphatic carbocycles. The van der Waals surface area contributed by atoms with Gasteiger partial charge in [-0.2, -0.15) is 0 Å². The number of fused-ring (bicyclic) bond motifs is 1. The molecule has 0 saturated heterocycles. The van der Waals surface area contributed by atoms with E-state index in [1.807, 2.05) is 31.2 Å². The van der Waals surface area contributed by atoms with Crippen LogP contribution in [0.2, 0.25) is 0 Å². The summed E-state index contributed by atoms with van der Waals surface area (Å²) in [6.45, 7) is 5.98. The van der Waals surface area contributed by atoms with E-state index < -0.39 is 5.82 Å². The zero-order valence-electron chi connectivity index (χ0n) is 18.0. The van der Waals surface area contributed by atoms with E-state index in [0.717, 1.165) is 28.7 Å². The van der Waals surface area contributed by atoms with Crippen molar-refractivity contribution in [2.75, 3.05) is 11.1 Å². The van der Waals surface area contributed by atoms with E-state index in [1.54, 1.807) is 6.07 Å². The number of carbonyl (C=O) groups excluding carboxylic acids is 1. The zero-order valence-corrected chi connectivity index (χ0v) is 18.8. The third-order valence-corrected chi connectivity index (χ3v) is 5.97. The summed E-state index contributed by atoms with van der Waals surface area (Å²) in [7, 11) is 0. The first-order chi connectivity index (χ1) is 15.3. The molecule has 2 N–H and O–H groups in total. The number of H-pyrrole nitrogens is 1. The van der Waals surface area contributed by atoms with Crippen LogP contribution < -0.4 is 10.9 Å². The highest BCUT2D eigenvalue weighted by atomic mass is 32.2. The molecule has 2 aromatic heterocycles. The second-order valence-electron chi connectivity index (χ2n) is 7.80. The smallest absolute Gasteiger partial charge is 0.283 e. The number of para-hydroxylation sites is 1. The third kappa shape index (κ3) is 4.45. The molecule has 4 aromatic rings. The van der Waals surface area contributed by atoms with E-state index in [1.165, 1.54) is 28.8 Å². The molecule has 0 unspecified atom stereocenters. The number of thioether (sulfide) groups is 1. The van der Waals surface area contributed by atoms with Crippen molar-refractivity contribution >= 4 is 34.4 Å². The van der Waals surface area contributed by atoms with Crippen molar-refractivity contribution in [1.82, 2.24) is 14.5 Å². The normalized spacial score (nSPS) is 11.3. The number of amides is 1. The Bertz CT molecular complexity index is 1340. The highest BCUT2D eigenvalue weighted by molar-refractivity contribution is 7.99. The number of nitrogens with zero attached hydrogens (tertiary/aromatic N) is 2. The van der Waals surface area contributed by atoms with Crippen molar-refractivity contribution in [3.8, 4) is 5.69 Å². The van der Waals surface area contributed by atoms with Crippen LogP contribution in [0.1, 0.15) is 31.0 Å². The van der Waals surface area contributed by atoms with Gasteiger partial charge in [0.1, 0.15) is 11.3 Å². The van der Waals surface area contributed by atoms with Gasteiger partial charge in [0.05, 0.1) is 17.0 Å². The van der Waals surface area contributed by atoms with Crippen molar-refractivity contribution in [3.05, 3.63) is 82.0 Å². The molecular weight excluding hydrogens is 427 g/mol. The Hall–Kier alpha value is -3.39. The Morgan fingerprint density at radius 2 is 1.91 bits per heavy atom. The fraction of sp³-hybridized carbons (Fsp3) is 0.208. The van der Waals surface area contributed by atoms with Gasteiger partial charge in [-0.1, -0.05) is 43.8 Å². The fourth-order valence-electron chi connectivity index (χ4n) is 3.52. The lowest BCUT2D eigenvalue weighted by atomic mass is 10.0. The number of nitrogens with one attached hydrogen (secondary N) is 2. The number of hydrogen-bond donors (Lipinski definition) is 2. The SMILES string of the molecule is Cc1cc2nc(SCC(=O)Nc3ccccc3C(C)C)n(-c3ccc(F)cc3)c(=O)c2[nH]1. The van der Waals surface area contributed by atoms with Gasteiger partial charge in [0.25, 0.3) is 5.56 Å². The van der Waals surface area contributed by atoms with Gasteiger partial charge in [0, 0.05) is 11.4 Å². The summed E-state index contributed by atoms with van der Waals surface area (Å²) in [6, 6.07) is 15.1. The lowest BCUT2D eigenvalue weighted by Crippen LogP contribution is -2.23. The molecule has 0 fully saturated rings. The van der Waals surface area contributed by atoms with E-state index >= 15 is 0 Å². The van der Waals surface area contributed by atoms with Crippen LogP contribution in [-0.2, 0) is 4.79 Å². The summed E-state index contributed by atoms with van der Waals surface area (Å²) < 4.78 is 14.8. The Kier molecular flexibility index (Phi) is 6.14. The first-order valence-electron chi connectivity index (χ1n) is 10.2. The van der Waals surface area contributed by atoms with Crippen molar-refractivity contribution in [1.29, 1.82) is 0 Å². The minimum atomic E-state index is -0.399. The van der Waals surface area contributed by atoms with Crippen LogP contribution in [0.3, 0.4) is 0 Å². The number of benzene rings is 2. The molecule has 4 rings (SSSR count). The summed E-state index contributed by atoms with van der Waals surface area (Å²) in [5, 5.41) is 3.32. The first-order valence-corrected chi connectivity index (χ1v) is 11.2. The molecule has 0 saturated carbocycles. The Morgan fingerprint density at radius 1 is 1.19 bits per heavy atom. The molecular formula is C24H23FN4O2S. The molecule has 0 bridgehead atoms. The molecule has 0 aliphatic heterocycles. The van der Waals surface area contributed by atoms with E-state index in [4.69, 9.17) is 0 Å². The maximum atomic E-state index is 13.4. The molecule has 0 spiro atoms. The second-order valence-corrected chi connectivity index (χ2v) is 8.75. The average molecular weight is 451 g/mol. The number of hydrogen-bond acceptors (Lipinski definition) is 4. The van der Waals surface area contributed by atoms with Gasteiger partial charge in [-0.3, -0.25) is 14.2 Å². The molecule has 1 amide bonds. The Balaban J connectivity index is 1.65. The molecule has 0 radical (unpaired) electrons. The molecule has 0 atom stereocenters. The van der Waals surface area contributed by atoms with Crippen LogP contribution in [-0.4, -0.2) is 26.2 Å². The molecule has 6 nitrogen and oxygen atoms in total. The van der Waals surface area contributed by atoms with Crippen molar-refractivity contribution in [2.45, 2.75) is 31.8 Å². The van der Waals surface area contributed by atoms with Crippen molar-refractivity contribution < 1.29 is 9.18 Å². The van der Waals surface area contributed by atoms with Crippen LogP contribution in [0.15, 0.2) is 64.5 Å². The number of anilines is 1. The van der Waals surface area contributed by atoms with Gasteiger partial charge in [-0.05, 0) is 54.8 Å². The Morgan fingerprint density at radius 3 is 2.62 bits per heavy atom. The molecule has 2 heterocycles. The van der Waals surface area contributed by atoms with Crippen LogP contribution >= 0.6 is 11.8 Å². The van der Waals surface area contributed by atoms with Crippen LogP contribution in [0.4, 0.5) is 10.1 Å². The molecule has 164 valence electrons. The minimum absolute atomic E-state index is 0.0645. The van der Waals surface area contributed by atoms with Gasteiger partial charge < -0.3 is 10.3 Å². The summed E-state index contributed by atoms with van der Waals surface area (Å²) in [5.74, 6) is -0.268. The zero-order chi connectivity index (χ0) is 22.8. The van der Waals surface area contributed by atoms with E-state index in [9.17, 15) is 14.0 Å². The average Bonchev–Trinajstić information content (AvgIpc) is 3.14. The highest BCUT2D eigenvalue weighted by Crippen LogP contribution is 2.25. The molecule has 32 heavy (non-hydrogen) atoms. The predicted octanol–water partition coefficient (Wildman–Crippen LogP) is 5.02. The summed E-state index contributed by atoms with van der Waals surface area (Å²) in [6.07, 6.45) is 0. The predicted molar refractivity (Wildman–Crippen MR) is 126 cm³/mol. The molecule has 8 heteroatoms. The molecule has 0 aliphatic rings. The number of aryl methyl sites for hydroxylation is 1. The number of carbonyl (C=O) groups is 1. The fourth-order valence-corrected chi connectivity index (χ4v) is 4.34. The van der Waals surface area contributed by atoms with Crippen molar-refractivity contribution in [2.24, 2.45) is 0 Å². The summed E-state index contributed by atoms with van der Waals surface area (Å²) in [5.41, 5.74) is 3.70. The third-order valence-electron chi connectivity index (χ3n) is 5.03. The van der Waals surface area contributed by atoms with E-state index in [0.29, 0.717) is 21.9 Å². The first kappa shape index (κ1) is 21.8. The van der Waals surface area contributed by atoms with Gasteiger partial charge in [-0.25, -0.2) is 9.37 Å². The Labute approximate surface area is 188 Å². The number of halogens is 1. The maximum absolute atomic E-state index is 13.4. The van der Waals surface area contributed by atoms with Gasteiger partial charge in [-0.15, -0.1) is 0 Å². The van der Waals surface area contributed by atoms with Gasteiger partial charge >= 0.3 is 0 Å². The molecule has 2 aromatic carbocycles. The van der Waals surface area contributed by atoms with Crippen LogP contribution in [0, 0.1) is 12.7 Å².